The van der Waals surface area contributed by atoms with E-state index in [0.717, 1.165) is 41.1 Å². The van der Waals surface area contributed by atoms with E-state index in [1.54, 1.807) is 56.5 Å². The van der Waals surface area contributed by atoms with Gasteiger partial charge in [0.2, 0.25) is 11.8 Å². The van der Waals surface area contributed by atoms with Gasteiger partial charge in [0.15, 0.2) is 0 Å². The maximum absolute atomic E-state index is 14.3. The first-order chi connectivity index (χ1) is 21.1. The van der Waals surface area contributed by atoms with Crippen molar-refractivity contribution < 1.29 is 32.2 Å². The summed E-state index contributed by atoms with van der Waals surface area (Å²) >= 11 is 0. The van der Waals surface area contributed by atoms with Crippen LogP contribution in [0.3, 0.4) is 0 Å². The van der Waals surface area contributed by atoms with Crippen LogP contribution < -0.4 is 23.8 Å². The van der Waals surface area contributed by atoms with E-state index < -0.39 is 28.5 Å². The smallest absolute Gasteiger partial charge is 0.264 e. The number of nitrogens with one attached hydrogen (secondary N) is 1. The van der Waals surface area contributed by atoms with Crippen molar-refractivity contribution >= 4 is 27.5 Å². The second kappa shape index (κ2) is 14.5. The van der Waals surface area contributed by atoms with E-state index in [1.807, 2.05) is 13.0 Å². The average molecular weight is 624 g/mol. The Kier molecular flexibility index (Phi) is 10.7. The maximum Gasteiger partial charge on any atom is 0.264 e. The molecule has 0 bridgehead atoms. The number of rotatable bonds is 13. The molecule has 236 valence electrons. The van der Waals surface area contributed by atoms with Gasteiger partial charge in [-0.2, -0.15) is 0 Å². The molecule has 1 aliphatic carbocycles. The molecule has 0 spiro atoms. The number of hydrogen-bond donors (Lipinski definition) is 1. The highest BCUT2D eigenvalue weighted by Crippen LogP contribution is 2.36. The number of amides is 2. The van der Waals surface area contributed by atoms with Crippen molar-refractivity contribution in [1.82, 2.24) is 10.2 Å². The Morgan fingerprint density at radius 2 is 1.57 bits per heavy atom. The molecule has 1 N–H and O–H groups in total. The first kappa shape index (κ1) is 32.7. The number of ether oxygens (including phenoxy) is 3. The van der Waals surface area contributed by atoms with E-state index in [2.05, 4.69) is 5.32 Å². The Morgan fingerprint density at radius 3 is 2.20 bits per heavy atom. The summed E-state index contributed by atoms with van der Waals surface area (Å²) in [5, 5.41) is 3.08. The van der Waals surface area contributed by atoms with Crippen LogP contribution in [-0.4, -0.2) is 65.1 Å². The molecule has 0 heterocycles. The molecule has 0 aliphatic heterocycles. The number of benzene rings is 3. The summed E-state index contributed by atoms with van der Waals surface area (Å²) in [5.74, 6) is 0.362. The molecular formula is C33H41N3O7S. The summed E-state index contributed by atoms with van der Waals surface area (Å²) in [4.78, 5) is 29.2. The zero-order chi connectivity index (χ0) is 31.9. The van der Waals surface area contributed by atoms with E-state index >= 15 is 0 Å². The molecule has 1 atom stereocenters. The molecule has 2 amide bonds. The summed E-state index contributed by atoms with van der Waals surface area (Å²) in [6.45, 7) is 2.98. The summed E-state index contributed by atoms with van der Waals surface area (Å²) in [5.41, 5.74) is 1.74. The second-order valence-electron chi connectivity index (χ2n) is 10.9. The van der Waals surface area contributed by atoms with Crippen LogP contribution in [0.2, 0.25) is 0 Å². The average Bonchev–Trinajstić information content (AvgIpc) is 3.55. The van der Waals surface area contributed by atoms with Crippen molar-refractivity contribution in [3.63, 3.8) is 0 Å². The van der Waals surface area contributed by atoms with Crippen LogP contribution in [0.1, 0.15) is 43.7 Å². The molecular weight excluding hydrogens is 582 g/mol. The van der Waals surface area contributed by atoms with Gasteiger partial charge in [0.1, 0.15) is 29.8 Å². The van der Waals surface area contributed by atoms with Gasteiger partial charge in [-0.1, -0.05) is 42.7 Å². The maximum atomic E-state index is 14.3. The standard InChI is InChI=1S/C33H41N3O7S/c1-23-13-16-29(17-14-23)44(39,40)36(30-20-28(42-4)15-18-31(30)43-5)22-32(37)35(21-25-9-8-12-27(19-25)41-3)24(2)33(38)34-26-10-6-7-11-26/h8-9,12-20,24,26H,6-7,10-11,21-22H2,1-5H3,(H,34,38). The van der Waals surface area contributed by atoms with Crippen molar-refractivity contribution in [1.29, 1.82) is 0 Å². The number of methoxy groups -OCH3 is 3. The van der Waals surface area contributed by atoms with Crippen molar-refractivity contribution in [3.05, 3.63) is 77.9 Å². The zero-order valence-corrected chi connectivity index (χ0v) is 26.7. The van der Waals surface area contributed by atoms with Crippen LogP contribution in [0.5, 0.6) is 17.2 Å². The van der Waals surface area contributed by atoms with E-state index in [0.29, 0.717) is 11.5 Å². The van der Waals surface area contributed by atoms with Gasteiger partial charge >= 0.3 is 0 Å². The molecule has 0 saturated heterocycles. The second-order valence-corrected chi connectivity index (χ2v) is 12.8. The lowest BCUT2D eigenvalue weighted by atomic mass is 10.1. The van der Waals surface area contributed by atoms with Gasteiger partial charge < -0.3 is 24.4 Å². The molecule has 4 rings (SSSR count). The molecule has 10 nitrogen and oxygen atoms in total. The number of carbonyl (C=O) groups excluding carboxylic acids is 2. The van der Waals surface area contributed by atoms with Gasteiger partial charge in [0.25, 0.3) is 10.0 Å². The van der Waals surface area contributed by atoms with Crippen molar-refractivity contribution in [2.45, 2.75) is 63.1 Å². The molecule has 0 radical (unpaired) electrons. The zero-order valence-electron chi connectivity index (χ0n) is 25.9. The highest BCUT2D eigenvalue weighted by molar-refractivity contribution is 7.92. The molecule has 11 heteroatoms. The van der Waals surface area contributed by atoms with Crippen molar-refractivity contribution in [2.75, 3.05) is 32.2 Å². The monoisotopic (exact) mass is 623 g/mol. The Morgan fingerprint density at radius 1 is 0.909 bits per heavy atom. The SMILES string of the molecule is COc1cccc(CN(C(=O)CN(c2cc(OC)ccc2OC)S(=O)(=O)c2ccc(C)cc2)C(C)C(=O)NC2CCCC2)c1. The first-order valence-corrected chi connectivity index (χ1v) is 16.1. The number of aryl methyl sites for hydroxylation is 1. The van der Waals surface area contributed by atoms with Crippen LogP contribution in [0.25, 0.3) is 0 Å². The predicted octanol–water partition coefficient (Wildman–Crippen LogP) is 4.69. The van der Waals surface area contributed by atoms with Gasteiger partial charge in [-0.25, -0.2) is 8.42 Å². The Hall–Kier alpha value is -4.25. The van der Waals surface area contributed by atoms with E-state index in [4.69, 9.17) is 14.2 Å². The van der Waals surface area contributed by atoms with Gasteiger partial charge in [0.05, 0.1) is 31.9 Å². The number of sulfonamides is 1. The molecule has 1 unspecified atom stereocenters. The van der Waals surface area contributed by atoms with Crippen LogP contribution in [0, 0.1) is 6.92 Å². The van der Waals surface area contributed by atoms with E-state index in [9.17, 15) is 18.0 Å². The summed E-state index contributed by atoms with van der Waals surface area (Å²) in [7, 11) is 0.168. The number of anilines is 1. The molecule has 1 fully saturated rings. The highest BCUT2D eigenvalue weighted by Gasteiger charge is 2.34. The number of nitrogens with zero attached hydrogens (tertiary/aromatic N) is 2. The Labute approximate surface area is 260 Å². The molecule has 44 heavy (non-hydrogen) atoms. The van der Waals surface area contributed by atoms with Crippen molar-refractivity contribution in [3.8, 4) is 17.2 Å². The molecule has 1 aliphatic rings. The fraction of sp³-hybridized carbons (Fsp3) is 0.394. The lowest BCUT2D eigenvalue weighted by molar-refractivity contribution is -0.139. The third kappa shape index (κ3) is 7.63. The highest BCUT2D eigenvalue weighted by atomic mass is 32.2. The van der Waals surface area contributed by atoms with E-state index in [1.165, 1.54) is 37.3 Å². The largest absolute Gasteiger partial charge is 0.497 e. The quantitative estimate of drug-likeness (QED) is 0.294. The van der Waals surface area contributed by atoms with Gasteiger partial charge in [-0.15, -0.1) is 0 Å². The lowest BCUT2D eigenvalue weighted by Gasteiger charge is -2.33. The van der Waals surface area contributed by atoms with Crippen molar-refractivity contribution in [2.24, 2.45) is 0 Å². The van der Waals surface area contributed by atoms with Gasteiger partial charge in [-0.3, -0.25) is 13.9 Å². The van der Waals surface area contributed by atoms with Crippen LogP contribution in [-0.2, 0) is 26.2 Å². The molecule has 0 aromatic heterocycles. The van der Waals surface area contributed by atoms with Gasteiger partial charge in [0, 0.05) is 18.7 Å². The lowest BCUT2D eigenvalue weighted by Crippen LogP contribution is -2.52. The summed E-state index contributed by atoms with van der Waals surface area (Å²) < 4.78 is 45.7. The number of carbonyl (C=O) groups is 2. The third-order valence-electron chi connectivity index (χ3n) is 7.90. The number of hydrogen-bond acceptors (Lipinski definition) is 7. The fourth-order valence-electron chi connectivity index (χ4n) is 5.28. The molecule has 3 aromatic rings. The Balaban J connectivity index is 1.76. The Bertz CT molecular complexity index is 1550. The minimum atomic E-state index is -4.28. The normalized spacial score (nSPS) is 14.0. The fourth-order valence-corrected chi connectivity index (χ4v) is 6.70. The third-order valence-corrected chi connectivity index (χ3v) is 9.67. The topological polar surface area (TPSA) is 114 Å². The predicted molar refractivity (Wildman–Crippen MR) is 169 cm³/mol. The summed E-state index contributed by atoms with van der Waals surface area (Å²) in [6, 6.07) is 17.5. The van der Waals surface area contributed by atoms with Crippen LogP contribution in [0.4, 0.5) is 5.69 Å². The molecule has 3 aromatic carbocycles. The van der Waals surface area contributed by atoms with Crippen LogP contribution >= 0.6 is 0 Å². The minimum Gasteiger partial charge on any atom is -0.497 e. The molecule has 1 saturated carbocycles. The summed E-state index contributed by atoms with van der Waals surface area (Å²) in [6.07, 6.45) is 3.86. The first-order valence-electron chi connectivity index (χ1n) is 14.6. The van der Waals surface area contributed by atoms with E-state index in [-0.39, 0.29) is 34.8 Å². The van der Waals surface area contributed by atoms with Crippen LogP contribution in [0.15, 0.2) is 71.6 Å². The minimum absolute atomic E-state index is 0.00661. The van der Waals surface area contributed by atoms with Gasteiger partial charge in [-0.05, 0) is 68.7 Å².